The van der Waals surface area contributed by atoms with Crippen molar-refractivity contribution in [3.8, 4) is 0 Å². The van der Waals surface area contributed by atoms with Crippen LogP contribution in [0.15, 0.2) is 35.2 Å². The van der Waals surface area contributed by atoms with Crippen LogP contribution in [0.3, 0.4) is 0 Å². The highest BCUT2D eigenvalue weighted by atomic mass is 35.5. The van der Waals surface area contributed by atoms with E-state index >= 15 is 0 Å². The number of hydrogen-bond donors (Lipinski definition) is 1. The Morgan fingerprint density at radius 2 is 1.66 bits per heavy atom. The van der Waals surface area contributed by atoms with Crippen LogP contribution < -0.4 is 5.32 Å². The maximum absolute atomic E-state index is 13.0. The molecule has 0 heterocycles. The third-order valence-electron chi connectivity index (χ3n) is 4.26. The van der Waals surface area contributed by atoms with Crippen molar-refractivity contribution in [1.82, 2.24) is 4.31 Å². The minimum absolute atomic E-state index is 0.459. The number of aryl methyl sites for hydroxylation is 3. The van der Waals surface area contributed by atoms with E-state index < -0.39 is 44.1 Å². The first kappa shape index (κ1) is 23.2. The van der Waals surface area contributed by atoms with E-state index in [1.165, 1.54) is 0 Å². The Bertz CT molecular complexity index is 1030. The number of nitrogens with one attached hydrogen (secondary N) is 1. The molecular weight excluding hydrogens is 429 g/mol. The molecule has 0 aliphatic carbocycles. The fourth-order valence-corrected chi connectivity index (χ4v) is 4.28. The largest absolute Gasteiger partial charge is 0.417 e. The second-order valence-electron chi connectivity index (χ2n) is 6.72. The number of benzene rings is 2. The van der Waals surface area contributed by atoms with Crippen molar-refractivity contribution in [3.63, 3.8) is 0 Å². The molecule has 1 N–H and O–H groups in total. The van der Waals surface area contributed by atoms with Crippen molar-refractivity contribution < 1.29 is 26.4 Å². The van der Waals surface area contributed by atoms with Crippen LogP contribution in [0.4, 0.5) is 18.9 Å². The predicted molar refractivity (Wildman–Crippen MR) is 106 cm³/mol. The van der Waals surface area contributed by atoms with Gasteiger partial charge in [-0.25, -0.2) is 8.42 Å². The van der Waals surface area contributed by atoms with Crippen LogP contribution in [0.2, 0.25) is 5.02 Å². The Labute approximate surface area is 172 Å². The molecule has 2 aromatic carbocycles. The molecule has 158 valence electrons. The Balaban J connectivity index is 2.24. The molecule has 0 unspecified atom stereocenters. The fraction of sp³-hybridized carbons (Fsp3) is 0.316. The monoisotopic (exact) mass is 448 g/mol. The van der Waals surface area contributed by atoms with Crippen LogP contribution in [-0.2, 0) is 21.0 Å². The number of hydrogen-bond acceptors (Lipinski definition) is 3. The molecule has 1 amide bonds. The highest BCUT2D eigenvalue weighted by Gasteiger charge is 2.35. The normalized spacial score (nSPS) is 12.3. The molecule has 0 radical (unpaired) electrons. The van der Waals surface area contributed by atoms with Gasteiger partial charge in [-0.3, -0.25) is 4.79 Å². The second kappa shape index (κ2) is 8.33. The SMILES string of the molecule is Cc1cc(C)c(NC(=O)CN(C)S(=O)(=O)c2ccc(Cl)c(C(F)(F)F)c2)c(C)c1. The number of likely N-dealkylation sites (N-methyl/N-ethyl adjacent to an activating group) is 1. The van der Waals surface area contributed by atoms with E-state index in [2.05, 4.69) is 5.32 Å². The van der Waals surface area contributed by atoms with Gasteiger partial charge in [-0.1, -0.05) is 29.3 Å². The van der Waals surface area contributed by atoms with Gasteiger partial charge < -0.3 is 5.32 Å². The summed E-state index contributed by atoms with van der Waals surface area (Å²) in [7, 11) is -3.22. The summed E-state index contributed by atoms with van der Waals surface area (Å²) in [6.07, 6.45) is -4.81. The zero-order valence-electron chi connectivity index (χ0n) is 16.2. The lowest BCUT2D eigenvalue weighted by atomic mass is 10.1. The first-order chi connectivity index (χ1) is 13.2. The number of amides is 1. The van der Waals surface area contributed by atoms with Gasteiger partial charge in [0.2, 0.25) is 15.9 Å². The Morgan fingerprint density at radius 3 is 2.17 bits per heavy atom. The van der Waals surface area contributed by atoms with Gasteiger partial charge in [0, 0.05) is 12.7 Å². The summed E-state index contributed by atoms with van der Waals surface area (Å²) in [5.74, 6) is -0.615. The molecule has 0 fully saturated rings. The number of carbonyl (C=O) groups is 1. The molecule has 0 saturated heterocycles. The standard InChI is InChI=1S/C19H20ClF3N2O3S/c1-11-7-12(2)18(13(3)8-11)24-17(26)10-25(4)29(27,28)14-5-6-16(20)15(9-14)19(21,22)23/h5-9H,10H2,1-4H3,(H,24,26). The van der Waals surface area contributed by atoms with Gasteiger partial charge in [0.25, 0.3) is 0 Å². The zero-order chi connectivity index (χ0) is 22.1. The number of rotatable bonds is 5. The van der Waals surface area contributed by atoms with Crippen molar-refractivity contribution in [1.29, 1.82) is 0 Å². The maximum atomic E-state index is 13.0. The molecule has 2 rings (SSSR count). The van der Waals surface area contributed by atoms with Crippen LogP contribution in [0, 0.1) is 20.8 Å². The van der Waals surface area contributed by atoms with Crippen molar-refractivity contribution in [2.75, 3.05) is 18.9 Å². The number of carbonyl (C=O) groups excluding carboxylic acids is 1. The molecule has 0 atom stereocenters. The van der Waals surface area contributed by atoms with Gasteiger partial charge in [0.15, 0.2) is 0 Å². The minimum atomic E-state index is -4.81. The molecule has 0 saturated carbocycles. The lowest BCUT2D eigenvalue weighted by molar-refractivity contribution is -0.137. The maximum Gasteiger partial charge on any atom is 0.417 e. The summed E-state index contributed by atoms with van der Waals surface area (Å²) in [6, 6.07) is 6.03. The number of halogens is 4. The summed E-state index contributed by atoms with van der Waals surface area (Å²) in [5.41, 5.74) is 1.95. The van der Waals surface area contributed by atoms with Crippen LogP contribution in [0.5, 0.6) is 0 Å². The van der Waals surface area contributed by atoms with Gasteiger partial charge in [-0.05, 0) is 50.1 Å². The van der Waals surface area contributed by atoms with Crippen molar-refractivity contribution in [2.45, 2.75) is 31.8 Å². The molecular formula is C19H20ClF3N2O3S. The molecule has 0 bridgehead atoms. The van der Waals surface area contributed by atoms with Crippen molar-refractivity contribution in [2.24, 2.45) is 0 Å². The third kappa shape index (κ3) is 5.29. The average Bonchev–Trinajstić information content (AvgIpc) is 2.57. The highest BCUT2D eigenvalue weighted by molar-refractivity contribution is 7.89. The van der Waals surface area contributed by atoms with E-state index in [0.29, 0.717) is 16.1 Å². The topological polar surface area (TPSA) is 66.5 Å². The smallest absolute Gasteiger partial charge is 0.324 e. The zero-order valence-corrected chi connectivity index (χ0v) is 17.8. The first-order valence-corrected chi connectivity index (χ1v) is 10.3. The van der Waals surface area contributed by atoms with E-state index in [1.807, 2.05) is 32.9 Å². The second-order valence-corrected chi connectivity index (χ2v) is 9.17. The highest BCUT2D eigenvalue weighted by Crippen LogP contribution is 2.36. The van der Waals surface area contributed by atoms with E-state index in [0.717, 1.165) is 35.9 Å². The molecule has 29 heavy (non-hydrogen) atoms. The van der Waals surface area contributed by atoms with Gasteiger partial charge >= 0.3 is 6.18 Å². The minimum Gasteiger partial charge on any atom is -0.324 e. The van der Waals surface area contributed by atoms with E-state index in [-0.39, 0.29) is 0 Å². The van der Waals surface area contributed by atoms with E-state index in [4.69, 9.17) is 11.6 Å². The quantitative estimate of drug-likeness (QED) is 0.730. The Kier molecular flexibility index (Phi) is 6.66. The Hall–Kier alpha value is -2.10. The van der Waals surface area contributed by atoms with Gasteiger partial charge in [0.05, 0.1) is 22.0 Å². The predicted octanol–water partition coefficient (Wildman–Crippen LogP) is 4.54. The molecule has 5 nitrogen and oxygen atoms in total. The summed E-state index contributed by atoms with van der Waals surface area (Å²) >= 11 is 5.53. The van der Waals surface area contributed by atoms with Gasteiger partial charge in [-0.2, -0.15) is 17.5 Å². The number of sulfonamides is 1. The summed E-state index contributed by atoms with van der Waals surface area (Å²) in [6.45, 7) is 4.96. The lowest BCUT2D eigenvalue weighted by Gasteiger charge is -2.19. The first-order valence-electron chi connectivity index (χ1n) is 8.44. The van der Waals surface area contributed by atoms with Gasteiger partial charge in [0.1, 0.15) is 0 Å². The summed E-state index contributed by atoms with van der Waals surface area (Å²) in [5, 5.41) is 2.05. The van der Waals surface area contributed by atoms with E-state index in [1.54, 1.807) is 0 Å². The lowest BCUT2D eigenvalue weighted by Crippen LogP contribution is -2.35. The average molecular weight is 449 g/mol. The molecule has 0 spiro atoms. The molecule has 10 heteroatoms. The van der Waals surface area contributed by atoms with Crippen molar-refractivity contribution in [3.05, 3.63) is 57.6 Å². The van der Waals surface area contributed by atoms with Crippen LogP contribution >= 0.6 is 11.6 Å². The Morgan fingerprint density at radius 1 is 1.10 bits per heavy atom. The molecule has 0 aliphatic rings. The van der Waals surface area contributed by atoms with Crippen molar-refractivity contribution >= 4 is 33.2 Å². The fourth-order valence-electron chi connectivity index (χ4n) is 2.91. The molecule has 0 aromatic heterocycles. The van der Waals surface area contributed by atoms with E-state index in [9.17, 15) is 26.4 Å². The number of alkyl halides is 3. The third-order valence-corrected chi connectivity index (χ3v) is 6.39. The van der Waals surface area contributed by atoms with Gasteiger partial charge in [-0.15, -0.1) is 0 Å². The molecule has 2 aromatic rings. The number of nitrogens with zero attached hydrogens (tertiary/aromatic N) is 1. The van der Waals surface area contributed by atoms with Crippen LogP contribution in [0.1, 0.15) is 22.3 Å². The number of anilines is 1. The summed E-state index contributed by atoms with van der Waals surface area (Å²) in [4.78, 5) is 11.7. The van der Waals surface area contributed by atoms with Crippen LogP contribution in [0.25, 0.3) is 0 Å². The summed E-state index contributed by atoms with van der Waals surface area (Å²) < 4.78 is 65.0. The van der Waals surface area contributed by atoms with Crippen LogP contribution in [-0.4, -0.2) is 32.2 Å². The molecule has 0 aliphatic heterocycles.